The van der Waals surface area contributed by atoms with Crippen molar-refractivity contribution in [1.29, 1.82) is 0 Å². The van der Waals surface area contributed by atoms with Gasteiger partial charge >= 0.3 is 0 Å². The van der Waals surface area contributed by atoms with Crippen molar-refractivity contribution in [3.05, 3.63) is 82.0 Å². The van der Waals surface area contributed by atoms with Gasteiger partial charge in [0.15, 0.2) is 0 Å². The monoisotopic (exact) mass is 317 g/mol. The molecule has 2 aliphatic carbocycles. The molecule has 0 saturated heterocycles. The van der Waals surface area contributed by atoms with Gasteiger partial charge in [-0.15, -0.1) is 0 Å². The van der Waals surface area contributed by atoms with Gasteiger partial charge in [-0.3, -0.25) is 0 Å². The topological polar surface area (TPSA) is 13.1 Å². The molecule has 2 heteroatoms. The molecule has 2 aromatic rings. The summed E-state index contributed by atoms with van der Waals surface area (Å²) in [7, 11) is -0.361. The summed E-state index contributed by atoms with van der Waals surface area (Å²) in [5.41, 5.74) is 5.56. The first-order valence-electron chi connectivity index (χ1n) is 8.21. The van der Waals surface area contributed by atoms with Crippen LogP contribution in [0.1, 0.15) is 35.0 Å². The lowest BCUT2D eigenvalue weighted by Crippen LogP contribution is -2.07. The van der Waals surface area contributed by atoms with Crippen LogP contribution in [0, 0.1) is 6.92 Å². The lowest BCUT2D eigenvalue weighted by atomic mass is 9.86. The second-order valence-electron chi connectivity index (χ2n) is 6.68. The van der Waals surface area contributed by atoms with E-state index in [4.69, 9.17) is 4.42 Å². The predicted molar refractivity (Wildman–Crippen MR) is 98.8 cm³/mol. The fourth-order valence-electron chi connectivity index (χ4n) is 3.61. The first-order valence-corrected chi connectivity index (χ1v) is 10.7. The van der Waals surface area contributed by atoms with E-state index in [-0.39, 0.29) is 8.80 Å². The van der Waals surface area contributed by atoms with Crippen LogP contribution < -0.4 is 0 Å². The zero-order valence-electron chi connectivity index (χ0n) is 13.9. The van der Waals surface area contributed by atoms with E-state index in [1.54, 1.807) is 5.20 Å². The van der Waals surface area contributed by atoms with Gasteiger partial charge in [-0.1, -0.05) is 60.3 Å². The molecule has 23 heavy (non-hydrogen) atoms. The van der Waals surface area contributed by atoms with E-state index in [9.17, 15) is 0 Å². The maximum absolute atomic E-state index is 5.96. The Morgan fingerprint density at radius 2 is 1.87 bits per heavy atom. The Hall–Kier alpha value is -2.06. The van der Waals surface area contributed by atoms with E-state index in [0.29, 0.717) is 5.92 Å². The number of rotatable bonds is 3. The summed E-state index contributed by atoms with van der Waals surface area (Å²) in [4.78, 5) is 0. The quantitative estimate of drug-likeness (QED) is 0.654. The fraction of sp³-hybridized carbons (Fsp3) is 0.238. The first kappa shape index (κ1) is 14.5. The second kappa shape index (κ2) is 5.54. The first-order chi connectivity index (χ1) is 11.1. The zero-order valence-corrected chi connectivity index (χ0v) is 14.9. The van der Waals surface area contributed by atoms with Crippen molar-refractivity contribution in [3.8, 4) is 0 Å². The summed E-state index contributed by atoms with van der Waals surface area (Å²) >= 11 is 0. The number of hydrogen-bond acceptors (Lipinski definition) is 1. The van der Waals surface area contributed by atoms with Crippen molar-refractivity contribution in [2.45, 2.75) is 32.4 Å². The van der Waals surface area contributed by atoms with Crippen LogP contribution >= 0.6 is 0 Å². The molecule has 0 amide bonds. The van der Waals surface area contributed by atoms with E-state index in [1.165, 1.54) is 22.3 Å². The van der Waals surface area contributed by atoms with E-state index >= 15 is 0 Å². The Morgan fingerprint density at radius 3 is 2.57 bits per heavy atom. The van der Waals surface area contributed by atoms with E-state index in [0.717, 1.165) is 17.9 Å². The van der Waals surface area contributed by atoms with Crippen LogP contribution in [0.15, 0.2) is 63.7 Å². The standard InChI is InChI=1S/C21H21OSi/c1-14-8-11-20(22-14)19-13-15-6-4-5-7-18(15)21(19)16-9-10-17(12-16)23(2)3/h4-11,13,21H,12H2,1-3H3. The summed E-state index contributed by atoms with van der Waals surface area (Å²) < 4.78 is 5.96. The minimum Gasteiger partial charge on any atom is -0.462 e. The third kappa shape index (κ3) is 2.47. The van der Waals surface area contributed by atoms with Gasteiger partial charge in [0.05, 0.1) is 8.80 Å². The minimum atomic E-state index is -0.361. The SMILES string of the molecule is Cc1ccc(C2=Cc3ccccc3C2C2=CC=C([Si](C)C)C2)o1. The average Bonchev–Trinajstić information content (AvgIpc) is 3.23. The number of furan rings is 1. The molecule has 1 unspecified atom stereocenters. The molecule has 0 spiro atoms. The highest BCUT2D eigenvalue weighted by Crippen LogP contribution is 2.49. The number of aryl methyl sites for hydroxylation is 1. The van der Waals surface area contributed by atoms with Crippen molar-refractivity contribution in [2.24, 2.45) is 0 Å². The second-order valence-corrected chi connectivity index (χ2v) is 9.32. The van der Waals surface area contributed by atoms with Crippen LogP contribution in [0.25, 0.3) is 11.6 Å². The van der Waals surface area contributed by atoms with Crippen molar-refractivity contribution >= 4 is 20.4 Å². The molecular weight excluding hydrogens is 296 g/mol. The largest absolute Gasteiger partial charge is 0.462 e. The highest BCUT2D eigenvalue weighted by molar-refractivity contribution is 6.64. The molecule has 0 N–H and O–H groups in total. The number of allylic oxidation sites excluding steroid dienone is 5. The molecule has 1 atom stereocenters. The van der Waals surface area contributed by atoms with Gasteiger partial charge in [-0.25, -0.2) is 0 Å². The molecule has 1 aromatic heterocycles. The van der Waals surface area contributed by atoms with Gasteiger partial charge in [0, 0.05) is 11.5 Å². The molecule has 0 bridgehead atoms. The Kier molecular flexibility index (Phi) is 3.50. The van der Waals surface area contributed by atoms with Crippen LogP contribution in [-0.2, 0) is 0 Å². The number of fused-ring (bicyclic) bond motifs is 1. The van der Waals surface area contributed by atoms with Crippen molar-refractivity contribution in [1.82, 2.24) is 0 Å². The van der Waals surface area contributed by atoms with E-state index in [2.05, 4.69) is 67.7 Å². The lowest BCUT2D eigenvalue weighted by Gasteiger charge is -2.19. The molecule has 0 fully saturated rings. The number of hydrogen-bond donors (Lipinski definition) is 0. The van der Waals surface area contributed by atoms with Crippen LogP contribution in [0.2, 0.25) is 13.1 Å². The maximum Gasteiger partial charge on any atom is 0.131 e. The van der Waals surface area contributed by atoms with Gasteiger partial charge in [-0.2, -0.15) is 0 Å². The highest BCUT2D eigenvalue weighted by Gasteiger charge is 2.32. The third-order valence-electron chi connectivity index (χ3n) is 4.86. The molecule has 1 radical (unpaired) electrons. The molecule has 1 nitrogen and oxygen atoms in total. The Balaban J connectivity index is 1.75. The Bertz CT molecular complexity index is 848. The molecule has 2 aliphatic rings. The van der Waals surface area contributed by atoms with Gasteiger partial charge < -0.3 is 4.42 Å². The van der Waals surface area contributed by atoms with Crippen LogP contribution in [0.4, 0.5) is 0 Å². The van der Waals surface area contributed by atoms with Crippen molar-refractivity contribution < 1.29 is 4.42 Å². The third-order valence-corrected chi connectivity index (χ3v) is 6.49. The van der Waals surface area contributed by atoms with Gasteiger partial charge in [0.25, 0.3) is 0 Å². The minimum absolute atomic E-state index is 0.340. The van der Waals surface area contributed by atoms with Gasteiger partial charge in [-0.05, 0) is 42.7 Å². The lowest BCUT2D eigenvalue weighted by molar-refractivity contribution is 0.519. The van der Waals surface area contributed by atoms with Crippen LogP contribution in [0.5, 0.6) is 0 Å². The average molecular weight is 317 g/mol. The van der Waals surface area contributed by atoms with Crippen molar-refractivity contribution in [3.63, 3.8) is 0 Å². The van der Waals surface area contributed by atoms with Gasteiger partial charge in [0.1, 0.15) is 11.5 Å². The highest BCUT2D eigenvalue weighted by atomic mass is 28.3. The molecule has 1 aromatic carbocycles. The van der Waals surface area contributed by atoms with Crippen LogP contribution in [0.3, 0.4) is 0 Å². The van der Waals surface area contributed by atoms with E-state index < -0.39 is 0 Å². The van der Waals surface area contributed by atoms with Gasteiger partial charge in [0.2, 0.25) is 0 Å². The van der Waals surface area contributed by atoms with Crippen LogP contribution in [-0.4, -0.2) is 8.80 Å². The Labute approximate surface area is 139 Å². The molecule has 0 saturated carbocycles. The summed E-state index contributed by atoms with van der Waals surface area (Å²) in [6, 6.07) is 12.9. The fourth-order valence-corrected chi connectivity index (χ4v) is 4.59. The zero-order chi connectivity index (χ0) is 16.0. The molecule has 4 rings (SSSR count). The van der Waals surface area contributed by atoms with Crippen molar-refractivity contribution in [2.75, 3.05) is 0 Å². The number of benzene rings is 1. The Morgan fingerprint density at radius 1 is 1.04 bits per heavy atom. The molecular formula is C21H21OSi. The normalized spacial score (nSPS) is 19.7. The predicted octanol–water partition coefficient (Wildman–Crippen LogP) is 5.78. The summed E-state index contributed by atoms with van der Waals surface area (Å²) in [6.07, 6.45) is 8.14. The molecule has 0 aliphatic heterocycles. The summed E-state index contributed by atoms with van der Waals surface area (Å²) in [6.45, 7) is 6.77. The summed E-state index contributed by atoms with van der Waals surface area (Å²) in [5, 5.41) is 1.63. The maximum atomic E-state index is 5.96. The van der Waals surface area contributed by atoms with E-state index in [1.807, 2.05) is 6.92 Å². The smallest absolute Gasteiger partial charge is 0.131 e. The molecule has 1 heterocycles. The molecule has 115 valence electrons. The summed E-state index contributed by atoms with van der Waals surface area (Å²) in [5.74, 6) is 2.32.